The van der Waals surface area contributed by atoms with Crippen molar-refractivity contribution in [2.24, 2.45) is 5.41 Å². The number of anilines is 1. The molecule has 0 aliphatic rings. The third-order valence-corrected chi connectivity index (χ3v) is 5.68. The molecule has 31 heavy (non-hydrogen) atoms. The fraction of sp³-hybridized carbons (Fsp3) is 0.320. The summed E-state index contributed by atoms with van der Waals surface area (Å²) in [6.45, 7) is 11.3. The maximum atomic E-state index is 4.88. The maximum absolute atomic E-state index is 4.88. The molecular formula is C25H27N5S. The molecule has 4 rings (SSSR count). The molecule has 0 unspecified atom stereocenters. The highest BCUT2D eigenvalue weighted by Gasteiger charge is 2.28. The van der Waals surface area contributed by atoms with Gasteiger partial charge in [0.25, 0.3) is 0 Å². The van der Waals surface area contributed by atoms with E-state index in [1.807, 2.05) is 30.5 Å². The Labute approximate surface area is 187 Å². The summed E-state index contributed by atoms with van der Waals surface area (Å²) in [5.41, 5.74) is 2.61. The zero-order valence-electron chi connectivity index (χ0n) is 18.6. The molecule has 0 aliphatic carbocycles. The number of rotatable bonds is 4. The lowest BCUT2D eigenvalue weighted by atomic mass is 9.82. The number of nitrogens with one attached hydrogen (secondary N) is 1. The van der Waals surface area contributed by atoms with Crippen LogP contribution in [0.2, 0.25) is 0 Å². The highest BCUT2D eigenvalue weighted by atomic mass is 32.1. The second-order valence-electron chi connectivity index (χ2n) is 9.49. The van der Waals surface area contributed by atoms with E-state index in [0.29, 0.717) is 0 Å². The molecule has 0 fully saturated rings. The van der Waals surface area contributed by atoms with Crippen LogP contribution in [-0.2, 0) is 0 Å². The van der Waals surface area contributed by atoms with Crippen molar-refractivity contribution in [3.8, 4) is 22.4 Å². The van der Waals surface area contributed by atoms with E-state index in [0.717, 1.165) is 39.0 Å². The molecule has 0 radical (unpaired) electrons. The number of fused-ring (bicyclic) bond motifs is 1. The molecule has 158 valence electrons. The number of aromatic nitrogens is 4. The van der Waals surface area contributed by atoms with Crippen LogP contribution in [0, 0.1) is 17.3 Å². The fourth-order valence-electron chi connectivity index (χ4n) is 3.98. The van der Waals surface area contributed by atoms with Crippen LogP contribution in [0.3, 0.4) is 0 Å². The van der Waals surface area contributed by atoms with Crippen molar-refractivity contribution >= 4 is 22.8 Å². The zero-order valence-corrected chi connectivity index (χ0v) is 19.4. The fourth-order valence-corrected chi connectivity index (χ4v) is 4.83. The van der Waals surface area contributed by atoms with Crippen molar-refractivity contribution in [2.45, 2.75) is 46.6 Å². The average molecular weight is 430 g/mol. The molecule has 0 aliphatic heterocycles. The van der Waals surface area contributed by atoms with E-state index >= 15 is 0 Å². The van der Waals surface area contributed by atoms with E-state index < -0.39 is 0 Å². The van der Waals surface area contributed by atoms with Crippen LogP contribution in [0.25, 0.3) is 16.2 Å². The molecule has 0 saturated carbocycles. The highest BCUT2D eigenvalue weighted by molar-refractivity contribution is 7.16. The summed E-state index contributed by atoms with van der Waals surface area (Å²) in [6.07, 6.45) is 8.31. The second-order valence-corrected chi connectivity index (χ2v) is 10.6. The SMILES string of the molecule is CC(C)(C)CC(C)(C)Nc1c(-c2ccc(C#Cc3ccccn3)s2)nc2cnccn12. The van der Waals surface area contributed by atoms with Crippen molar-refractivity contribution in [3.63, 3.8) is 0 Å². The number of hydrogen-bond donors (Lipinski definition) is 1. The van der Waals surface area contributed by atoms with Gasteiger partial charge < -0.3 is 5.32 Å². The summed E-state index contributed by atoms with van der Waals surface area (Å²) in [7, 11) is 0. The molecule has 0 spiro atoms. The van der Waals surface area contributed by atoms with E-state index in [-0.39, 0.29) is 11.0 Å². The molecule has 4 heterocycles. The molecule has 5 nitrogen and oxygen atoms in total. The minimum absolute atomic E-state index is 0.106. The summed E-state index contributed by atoms with van der Waals surface area (Å²) in [5.74, 6) is 7.34. The van der Waals surface area contributed by atoms with Crippen molar-refractivity contribution < 1.29 is 0 Å². The van der Waals surface area contributed by atoms with Gasteiger partial charge in [-0.05, 0) is 61.8 Å². The summed E-state index contributed by atoms with van der Waals surface area (Å²) in [6, 6.07) is 9.88. The Morgan fingerprint density at radius 3 is 2.61 bits per heavy atom. The van der Waals surface area contributed by atoms with E-state index in [1.165, 1.54) is 0 Å². The first-order valence-electron chi connectivity index (χ1n) is 10.3. The molecular weight excluding hydrogens is 402 g/mol. The first kappa shape index (κ1) is 21.1. The first-order valence-corrected chi connectivity index (χ1v) is 11.2. The Balaban J connectivity index is 1.71. The summed E-state index contributed by atoms with van der Waals surface area (Å²) >= 11 is 1.64. The number of nitrogens with zero attached hydrogens (tertiary/aromatic N) is 4. The summed E-state index contributed by atoms with van der Waals surface area (Å²) < 4.78 is 2.08. The molecule has 0 amide bonds. The Kier molecular flexibility index (Phi) is 5.55. The first-order chi connectivity index (χ1) is 14.7. The number of hydrogen-bond acceptors (Lipinski definition) is 5. The van der Waals surface area contributed by atoms with Gasteiger partial charge in [0, 0.05) is 24.1 Å². The van der Waals surface area contributed by atoms with Crippen molar-refractivity contribution in [2.75, 3.05) is 5.32 Å². The normalized spacial score (nSPS) is 11.9. The number of thiophene rings is 1. The molecule has 0 atom stereocenters. The predicted molar refractivity (Wildman–Crippen MR) is 128 cm³/mol. The van der Waals surface area contributed by atoms with Crippen LogP contribution in [-0.4, -0.2) is 24.9 Å². The van der Waals surface area contributed by atoms with Gasteiger partial charge in [0.15, 0.2) is 5.65 Å². The standard InChI is InChI=1S/C25H27N5S/c1-24(2,3)17-25(4,5)29-23-22(28-21-16-26-14-15-30(21)23)20-12-11-19(31-20)10-9-18-8-6-7-13-27-18/h6-8,11-16,29H,17H2,1-5H3. The molecule has 0 aromatic carbocycles. The van der Waals surface area contributed by atoms with Gasteiger partial charge in [-0.1, -0.05) is 26.8 Å². The monoisotopic (exact) mass is 429 g/mol. The van der Waals surface area contributed by atoms with Crippen LogP contribution in [0.15, 0.2) is 55.1 Å². The highest BCUT2D eigenvalue weighted by Crippen LogP contribution is 2.37. The van der Waals surface area contributed by atoms with E-state index in [2.05, 4.69) is 72.2 Å². The maximum Gasteiger partial charge on any atom is 0.157 e. The van der Waals surface area contributed by atoms with Crippen LogP contribution in [0.5, 0.6) is 0 Å². The van der Waals surface area contributed by atoms with Gasteiger partial charge in [-0.25, -0.2) is 9.97 Å². The van der Waals surface area contributed by atoms with Crippen LogP contribution in [0.1, 0.15) is 51.6 Å². The smallest absolute Gasteiger partial charge is 0.157 e. The summed E-state index contributed by atoms with van der Waals surface area (Å²) in [5, 5.41) is 3.77. The van der Waals surface area contributed by atoms with Crippen molar-refractivity contribution in [3.05, 3.63) is 65.7 Å². The predicted octanol–water partition coefficient (Wildman–Crippen LogP) is 5.88. The van der Waals surface area contributed by atoms with Gasteiger partial charge >= 0.3 is 0 Å². The van der Waals surface area contributed by atoms with Crippen LogP contribution in [0.4, 0.5) is 5.82 Å². The zero-order chi connectivity index (χ0) is 22.1. The number of imidazole rings is 1. The van der Waals surface area contributed by atoms with E-state index in [1.54, 1.807) is 29.9 Å². The van der Waals surface area contributed by atoms with Gasteiger partial charge in [-0.15, -0.1) is 11.3 Å². The summed E-state index contributed by atoms with van der Waals surface area (Å²) in [4.78, 5) is 15.5. The third kappa shape index (κ3) is 5.12. The molecule has 4 aromatic heterocycles. The molecule has 0 bridgehead atoms. The van der Waals surface area contributed by atoms with E-state index in [9.17, 15) is 0 Å². The minimum Gasteiger partial charge on any atom is -0.364 e. The molecule has 1 N–H and O–H groups in total. The van der Waals surface area contributed by atoms with Gasteiger partial charge in [0.1, 0.15) is 17.2 Å². The average Bonchev–Trinajstić information content (AvgIpc) is 3.30. The lowest BCUT2D eigenvalue weighted by Crippen LogP contribution is -2.36. The minimum atomic E-state index is -0.106. The molecule has 0 saturated heterocycles. The van der Waals surface area contributed by atoms with Gasteiger partial charge in [-0.2, -0.15) is 0 Å². The van der Waals surface area contributed by atoms with Gasteiger partial charge in [0.05, 0.1) is 16.0 Å². The lowest BCUT2D eigenvalue weighted by Gasteiger charge is -2.34. The number of pyridine rings is 1. The Morgan fingerprint density at radius 2 is 1.87 bits per heavy atom. The second kappa shape index (κ2) is 8.16. The molecule has 6 heteroatoms. The molecule has 4 aromatic rings. The van der Waals surface area contributed by atoms with Crippen molar-refractivity contribution in [1.82, 2.24) is 19.4 Å². The largest absolute Gasteiger partial charge is 0.364 e. The third-order valence-electron chi connectivity index (χ3n) is 4.68. The topological polar surface area (TPSA) is 55.1 Å². The van der Waals surface area contributed by atoms with E-state index in [4.69, 9.17) is 4.98 Å². The van der Waals surface area contributed by atoms with Gasteiger partial charge in [0.2, 0.25) is 0 Å². The van der Waals surface area contributed by atoms with Crippen LogP contribution >= 0.6 is 11.3 Å². The Morgan fingerprint density at radius 1 is 1.03 bits per heavy atom. The van der Waals surface area contributed by atoms with Gasteiger partial charge in [-0.3, -0.25) is 9.38 Å². The lowest BCUT2D eigenvalue weighted by molar-refractivity contribution is 0.302. The Bertz CT molecular complexity index is 1250. The van der Waals surface area contributed by atoms with Crippen LogP contribution < -0.4 is 5.32 Å². The Hall–Kier alpha value is -3.17. The quantitative estimate of drug-likeness (QED) is 0.412. The van der Waals surface area contributed by atoms with Crippen molar-refractivity contribution in [1.29, 1.82) is 0 Å².